The largest absolute Gasteiger partial charge is 0.192 e. The molecule has 0 saturated carbocycles. The van der Waals surface area contributed by atoms with Gasteiger partial charge in [0.2, 0.25) is 0 Å². The fourth-order valence-electron chi connectivity index (χ4n) is 3.56. The third kappa shape index (κ3) is 9.09. The molecule has 0 N–H and O–H groups in total. The molecule has 1 heteroatoms. The van der Waals surface area contributed by atoms with Crippen LogP contribution in [0.4, 0.5) is 0 Å². The third-order valence-corrected chi connectivity index (χ3v) is 5.16. The van der Waals surface area contributed by atoms with E-state index in [1.165, 1.54) is 56.1 Å². The van der Waals surface area contributed by atoms with Crippen LogP contribution in [0.3, 0.4) is 0 Å². The fraction of sp³-hybridized carbons (Fsp3) is 0.577. The van der Waals surface area contributed by atoms with Gasteiger partial charge in [-0.25, -0.2) is 0 Å². The quantitative estimate of drug-likeness (QED) is 0.185. The van der Waals surface area contributed by atoms with Crippen LogP contribution in [-0.2, 0) is 12.8 Å². The smallest absolute Gasteiger partial charge is 0.0994 e. The predicted molar refractivity (Wildman–Crippen MR) is 120 cm³/mol. The molecule has 0 aromatic heterocycles. The predicted octanol–water partition coefficient (Wildman–Crippen LogP) is 8.20. The van der Waals surface area contributed by atoms with E-state index in [9.17, 15) is 5.26 Å². The molecule has 0 heterocycles. The summed E-state index contributed by atoms with van der Waals surface area (Å²) >= 11 is 0. The molecule has 0 saturated heterocycles. The van der Waals surface area contributed by atoms with E-state index in [4.69, 9.17) is 0 Å². The van der Waals surface area contributed by atoms with Gasteiger partial charge in [-0.2, -0.15) is 5.26 Å². The Morgan fingerprint density at radius 2 is 1.52 bits per heavy atom. The SMILES string of the molecule is C=C(CCCCCCCCC)/C(C#N)=C/c1ccc(CCC)c(CCC)c1. The Morgan fingerprint density at radius 1 is 0.889 bits per heavy atom. The average Bonchev–Trinajstić information content (AvgIpc) is 2.67. The Morgan fingerprint density at radius 3 is 2.15 bits per heavy atom. The maximum atomic E-state index is 9.59. The molecular weight excluding hydrogens is 326 g/mol. The van der Waals surface area contributed by atoms with Crippen molar-refractivity contribution in [3.8, 4) is 6.07 Å². The van der Waals surface area contributed by atoms with Crippen molar-refractivity contribution in [1.29, 1.82) is 5.26 Å². The number of aryl methyl sites for hydroxylation is 2. The van der Waals surface area contributed by atoms with Crippen molar-refractivity contribution in [1.82, 2.24) is 0 Å². The lowest BCUT2D eigenvalue weighted by Gasteiger charge is -2.10. The molecular formula is C26H39N. The Balaban J connectivity index is 2.66. The van der Waals surface area contributed by atoms with Crippen molar-refractivity contribution in [2.24, 2.45) is 0 Å². The second kappa shape index (κ2) is 14.3. The van der Waals surface area contributed by atoms with E-state index in [0.717, 1.165) is 48.8 Å². The Bertz CT molecular complexity index is 630. The number of nitriles is 1. The van der Waals surface area contributed by atoms with Crippen LogP contribution >= 0.6 is 0 Å². The molecule has 0 spiro atoms. The summed E-state index contributed by atoms with van der Waals surface area (Å²) in [7, 11) is 0. The van der Waals surface area contributed by atoms with E-state index >= 15 is 0 Å². The second-order valence-electron chi connectivity index (χ2n) is 7.67. The number of rotatable bonds is 14. The molecule has 148 valence electrons. The summed E-state index contributed by atoms with van der Waals surface area (Å²) in [6.07, 6.45) is 16.6. The normalized spacial score (nSPS) is 11.4. The highest BCUT2D eigenvalue weighted by Crippen LogP contribution is 2.22. The standard InChI is InChI=1S/C26H39N/c1-5-8-9-10-11-12-13-16-22(4)26(21-27)20-23-17-18-24(14-6-2)25(19-23)15-7-3/h17-20H,4-16H2,1-3H3/b26-20+. The van der Waals surface area contributed by atoms with Crippen molar-refractivity contribution in [3.63, 3.8) is 0 Å². The lowest BCUT2D eigenvalue weighted by atomic mass is 9.95. The summed E-state index contributed by atoms with van der Waals surface area (Å²) in [5.74, 6) is 0. The van der Waals surface area contributed by atoms with Gasteiger partial charge < -0.3 is 0 Å². The summed E-state index contributed by atoms with van der Waals surface area (Å²) in [4.78, 5) is 0. The molecule has 0 radical (unpaired) electrons. The number of hydrogen-bond donors (Lipinski definition) is 0. The van der Waals surface area contributed by atoms with E-state index in [0.29, 0.717) is 0 Å². The van der Waals surface area contributed by atoms with Gasteiger partial charge in [-0.15, -0.1) is 0 Å². The Kier molecular flexibility index (Phi) is 12.3. The topological polar surface area (TPSA) is 23.8 Å². The summed E-state index contributed by atoms with van der Waals surface area (Å²) < 4.78 is 0. The van der Waals surface area contributed by atoms with Gasteiger partial charge in [0.15, 0.2) is 0 Å². The van der Waals surface area contributed by atoms with Gasteiger partial charge >= 0.3 is 0 Å². The molecule has 1 aromatic rings. The second-order valence-corrected chi connectivity index (χ2v) is 7.67. The van der Waals surface area contributed by atoms with Crippen LogP contribution < -0.4 is 0 Å². The van der Waals surface area contributed by atoms with Crippen LogP contribution in [-0.4, -0.2) is 0 Å². The zero-order valence-electron chi connectivity index (χ0n) is 17.9. The molecule has 1 rings (SSSR count). The molecule has 1 nitrogen and oxygen atoms in total. The highest BCUT2D eigenvalue weighted by molar-refractivity contribution is 5.64. The van der Waals surface area contributed by atoms with Gasteiger partial charge in [0.05, 0.1) is 11.6 Å². The molecule has 0 aliphatic heterocycles. The number of allylic oxidation sites excluding steroid dienone is 2. The molecule has 0 amide bonds. The lowest BCUT2D eigenvalue weighted by molar-refractivity contribution is 0.590. The van der Waals surface area contributed by atoms with Crippen LogP contribution in [0.2, 0.25) is 0 Å². The average molecular weight is 366 g/mol. The maximum absolute atomic E-state index is 9.59. The van der Waals surface area contributed by atoms with E-state index in [1.54, 1.807) is 0 Å². The maximum Gasteiger partial charge on any atom is 0.0994 e. The molecule has 0 aliphatic carbocycles. The van der Waals surface area contributed by atoms with Crippen LogP contribution in [0.25, 0.3) is 6.08 Å². The van der Waals surface area contributed by atoms with E-state index in [1.807, 2.05) is 6.08 Å². The minimum Gasteiger partial charge on any atom is -0.192 e. The highest BCUT2D eigenvalue weighted by Gasteiger charge is 2.06. The monoisotopic (exact) mass is 365 g/mol. The molecule has 0 atom stereocenters. The molecule has 27 heavy (non-hydrogen) atoms. The summed E-state index contributed by atoms with van der Waals surface area (Å²) in [6, 6.07) is 9.04. The molecule has 0 aliphatic rings. The van der Waals surface area contributed by atoms with Gasteiger partial charge in [-0.3, -0.25) is 0 Å². The molecule has 0 bridgehead atoms. The van der Waals surface area contributed by atoms with E-state index in [2.05, 4.69) is 51.6 Å². The summed E-state index contributed by atoms with van der Waals surface area (Å²) in [6.45, 7) is 10.9. The summed E-state index contributed by atoms with van der Waals surface area (Å²) in [5.41, 5.74) is 5.75. The van der Waals surface area contributed by atoms with Gasteiger partial charge in [-0.1, -0.05) is 96.9 Å². The molecule has 0 fully saturated rings. The first-order valence-electron chi connectivity index (χ1n) is 11.1. The third-order valence-electron chi connectivity index (χ3n) is 5.16. The highest BCUT2D eigenvalue weighted by atomic mass is 14.3. The van der Waals surface area contributed by atoms with E-state index in [-0.39, 0.29) is 0 Å². The summed E-state index contributed by atoms with van der Waals surface area (Å²) in [5, 5.41) is 9.59. The minimum absolute atomic E-state index is 0.742. The lowest BCUT2D eigenvalue weighted by Crippen LogP contribution is -1.95. The van der Waals surface area contributed by atoms with Crippen molar-refractivity contribution in [3.05, 3.63) is 52.6 Å². The van der Waals surface area contributed by atoms with Crippen molar-refractivity contribution in [2.45, 2.75) is 97.8 Å². The first kappa shape index (κ1) is 23.2. The number of unbranched alkanes of at least 4 members (excludes halogenated alkanes) is 6. The molecule has 1 aromatic carbocycles. The zero-order chi connectivity index (χ0) is 19.9. The zero-order valence-corrected chi connectivity index (χ0v) is 17.9. The van der Waals surface area contributed by atoms with Crippen LogP contribution in [0, 0.1) is 11.3 Å². The first-order chi connectivity index (χ1) is 13.2. The van der Waals surface area contributed by atoms with E-state index < -0.39 is 0 Å². The van der Waals surface area contributed by atoms with Crippen molar-refractivity contribution in [2.75, 3.05) is 0 Å². The fourth-order valence-corrected chi connectivity index (χ4v) is 3.56. The van der Waals surface area contributed by atoms with Crippen LogP contribution in [0.15, 0.2) is 35.9 Å². The van der Waals surface area contributed by atoms with Gasteiger partial charge in [0.1, 0.15) is 0 Å². The number of benzene rings is 1. The van der Waals surface area contributed by atoms with Gasteiger partial charge in [-0.05, 0) is 54.0 Å². The van der Waals surface area contributed by atoms with Crippen LogP contribution in [0.1, 0.15) is 102 Å². The van der Waals surface area contributed by atoms with Gasteiger partial charge in [0, 0.05) is 0 Å². The Labute approximate surface area is 168 Å². The number of nitrogens with zero attached hydrogens (tertiary/aromatic N) is 1. The number of hydrogen-bond acceptors (Lipinski definition) is 1. The first-order valence-corrected chi connectivity index (χ1v) is 11.1. The minimum atomic E-state index is 0.742. The van der Waals surface area contributed by atoms with Crippen molar-refractivity contribution < 1.29 is 0 Å². The van der Waals surface area contributed by atoms with Crippen LogP contribution in [0.5, 0.6) is 0 Å². The van der Waals surface area contributed by atoms with Crippen molar-refractivity contribution >= 4 is 6.08 Å². The Hall–Kier alpha value is -1.81. The van der Waals surface area contributed by atoms with Gasteiger partial charge in [0.25, 0.3) is 0 Å². The molecule has 0 unspecified atom stereocenters.